The van der Waals surface area contributed by atoms with Gasteiger partial charge >= 0.3 is 0 Å². The van der Waals surface area contributed by atoms with Gasteiger partial charge in [-0.1, -0.05) is 12.1 Å². The van der Waals surface area contributed by atoms with Gasteiger partial charge in [-0.05, 0) is 48.4 Å². The van der Waals surface area contributed by atoms with Crippen molar-refractivity contribution in [2.45, 2.75) is 19.4 Å². The fourth-order valence-corrected chi connectivity index (χ4v) is 3.90. The number of hydrogen-bond acceptors (Lipinski definition) is 5. The number of carbonyl (C=O) groups is 2. The van der Waals surface area contributed by atoms with Crippen LogP contribution in [-0.2, 0) is 9.59 Å². The highest BCUT2D eigenvalue weighted by Gasteiger charge is 2.45. The molecule has 1 amide bonds. The molecule has 1 saturated heterocycles. The number of likely N-dealkylation sites (tertiary alicyclic amines) is 1. The maximum Gasteiger partial charge on any atom is 0.295 e. The summed E-state index contributed by atoms with van der Waals surface area (Å²) in [6, 6.07) is 10.7. The van der Waals surface area contributed by atoms with Gasteiger partial charge in [0.2, 0.25) is 0 Å². The second kappa shape index (κ2) is 9.22. The normalized spacial score (nSPS) is 18.1. The van der Waals surface area contributed by atoms with Crippen LogP contribution < -0.4 is 9.64 Å². The number of phenolic OH excluding ortho intramolecular Hbond substituents is 1. The molecule has 7 nitrogen and oxygen atoms in total. The largest absolute Gasteiger partial charge is 0.508 e. The van der Waals surface area contributed by atoms with E-state index in [0.717, 1.165) is 12.1 Å². The Hall–Kier alpha value is -3.32. The van der Waals surface area contributed by atoms with Gasteiger partial charge in [-0.2, -0.15) is 0 Å². The predicted molar refractivity (Wildman–Crippen MR) is 117 cm³/mol. The Kier molecular flexibility index (Phi) is 6.65. The van der Waals surface area contributed by atoms with Crippen LogP contribution in [0, 0.1) is 6.92 Å². The highest BCUT2D eigenvalue weighted by atomic mass is 16.5. The molecular formula is C24H29N2O5+. The molecule has 164 valence electrons. The zero-order chi connectivity index (χ0) is 22.7. The number of aliphatic hydroxyl groups is 1. The molecule has 0 bridgehead atoms. The van der Waals surface area contributed by atoms with Gasteiger partial charge in [-0.15, -0.1) is 0 Å². The molecule has 31 heavy (non-hydrogen) atoms. The molecule has 0 aliphatic carbocycles. The van der Waals surface area contributed by atoms with Gasteiger partial charge in [-0.25, -0.2) is 0 Å². The van der Waals surface area contributed by atoms with Crippen molar-refractivity contribution in [1.82, 2.24) is 4.90 Å². The van der Waals surface area contributed by atoms with Crippen LogP contribution in [0.2, 0.25) is 0 Å². The molecule has 1 aliphatic heterocycles. The van der Waals surface area contributed by atoms with Crippen molar-refractivity contribution in [2.75, 3.05) is 34.3 Å². The number of methoxy groups -OCH3 is 1. The molecule has 2 aromatic rings. The van der Waals surface area contributed by atoms with E-state index >= 15 is 0 Å². The van der Waals surface area contributed by atoms with Crippen LogP contribution in [-0.4, -0.2) is 61.1 Å². The van der Waals surface area contributed by atoms with Gasteiger partial charge in [0, 0.05) is 18.5 Å². The molecule has 0 radical (unpaired) electrons. The molecule has 3 rings (SSSR count). The van der Waals surface area contributed by atoms with Gasteiger partial charge in [0.05, 0.1) is 39.4 Å². The van der Waals surface area contributed by atoms with E-state index in [9.17, 15) is 19.8 Å². The predicted octanol–water partition coefficient (Wildman–Crippen LogP) is 1.67. The number of quaternary nitrogens is 1. The Bertz CT molecular complexity index is 1010. The summed E-state index contributed by atoms with van der Waals surface area (Å²) in [5.74, 6) is -0.802. The van der Waals surface area contributed by atoms with E-state index in [1.165, 1.54) is 21.9 Å². The lowest BCUT2D eigenvalue weighted by Gasteiger charge is -2.25. The van der Waals surface area contributed by atoms with Gasteiger partial charge in [0.25, 0.3) is 11.7 Å². The molecule has 0 aromatic heterocycles. The minimum absolute atomic E-state index is 0.0532. The highest BCUT2D eigenvalue weighted by molar-refractivity contribution is 6.46. The zero-order valence-electron chi connectivity index (χ0n) is 18.3. The molecule has 0 saturated carbocycles. The number of amides is 1. The maximum absolute atomic E-state index is 13.0. The number of phenols is 1. The number of hydrogen-bond donors (Lipinski definition) is 3. The minimum Gasteiger partial charge on any atom is -0.508 e. The SMILES string of the molecule is COc1ccc(/C(O)=C2\C(=O)C(=O)N(CCC[NH+](C)C)[C@@H]2c2ccc(O)cc2)cc1C. The van der Waals surface area contributed by atoms with Gasteiger partial charge in [0.1, 0.15) is 17.3 Å². The van der Waals surface area contributed by atoms with E-state index in [1.54, 1.807) is 37.4 Å². The molecule has 0 unspecified atom stereocenters. The summed E-state index contributed by atoms with van der Waals surface area (Å²) in [6.45, 7) is 3.07. The molecule has 2 aromatic carbocycles. The number of carbonyl (C=O) groups excluding carboxylic acids is 2. The number of ketones is 1. The maximum atomic E-state index is 13.0. The molecule has 1 heterocycles. The Labute approximate surface area is 182 Å². The van der Waals surface area contributed by atoms with E-state index in [-0.39, 0.29) is 17.1 Å². The van der Waals surface area contributed by atoms with Crippen LogP contribution in [0.15, 0.2) is 48.0 Å². The van der Waals surface area contributed by atoms with Crippen LogP contribution in [0.5, 0.6) is 11.5 Å². The number of Topliss-reactive ketones (excluding diaryl/α,β-unsaturated/α-hetero) is 1. The number of benzene rings is 2. The second-order valence-electron chi connectivity index (χ2n) is 8.08. The number of rotatable bonds is 7. The lowest BCUT2D eigenvalue weighted by molar-refractivity contribution is -0.858. The van der Waals surface area contributed by atoms with Gasteiger partial charge < -0.3 is 24.7 Å². The fourth-order valence-electron chi connectivity index (χ4n) is 3.90. The average Bonchev–Trinajstić information content (AvgIpc) is 2.98. The highest BCUT2D eigenvalue weighted by Crippen LogP contribution is 2.40. The average molecular weight is 426 g/mol. The quantitative estimate of drug-likeness (QED) is 0.357. The van der Waals surface area contributed by atoms with Crippen LogP contribution in [0.4, 0.5) is 0 Å². The Balaban J connectivity index is 2.10. The first-order valence-corrected chi connectivity index (χ1v) is 10.3. The Morgan fingerprint density at radius 1 is 1.13 bits per heavy atom. The first-order chi connectivity index (χ1) is 14.7. The third kappa shape index (κ3) is 4.56. The number of aliphatic hydroxyl groups excluding tert-OH is 1. The second-order valence-corrected chi connectivity index (χ2v) is 8.08. The summed E-state index contributed by atoms with van der Waals surface area (Å²) in [5, 5.41) is 20.8. The van der Waals surface area contributed by atoms with E-state index in [1.807, 2.05) is 21.0 Å². The smallest absolute Gasteiger partial charge is 0.295 e. The van der Waals surface area contributed by atoms with E-state index < -0.39 is 17.7 Å². The summed E-state index contributed by atoms with van der Waals surface area (Å²) in [4.78, 5) is 28.7. The molecule has 7 heteroatoms. The summed E-state index contributed by atoms with van der Waals surface area (Å²) in [6.07, 6.45) is 0.714. The van der Waals surface area contributed by atoms with Crippen LogP contribution in [0.1, 0.15) is 29.2 Å². The van der Waals surface area contributed by atoms with Crippen molar-refractivity contribution in [3.05, 3.63) is 64.7 Å². The van der Waals surface area contributed by atoms with Crippen molar-refractivity contribution >= 4 is 17.4 Å². The summed E-state index contributed by atoms with van der Waals surface area (Å²) < 4.78 is 5.27. The molecule has 0 spiro atoms. The first kappa shape index (κ1) is 22.4. The van der Waals surface area contributed by atoms with Crippen molar-refractivity contribution in [1.29, 1.82) is 0 Å². The molecule has 1 aliphatic rings. The van der Waals surface area contributed by atoms with Crippen LogP contribution >= 0.6 is 0 Å². The Morgan fingerprint density at radius 2 is 1.81 bits per heavy atom. The van der Waals surface area contributed by atoms with E-state index in [2.05, 4.69) is 0 Å². The number of ether oxygens (including phenoxy) is 1. The first-order valence-electron chi connectivity index (χ1n) is 10.3. The minimum atomic E-state index is -0.722. The monoisotopic (exact) mass is 425 g/mol. The van der Waals surface area contributed by atoms with E-state index in [0.29, 0.717) is 29.8 Å². The number of nitrogens with zero attached hydrogens (tertiary/aromatic N) is 1. The number of nitrogens with one attached hydrogen (secondary N) is 1. The summed E-state index contributed by atoms with van der Waals surface area (Å²) in [7, 11) is 5.61. The standard InChI is InChI=1S/C24H28N2O5/c1-15-14-17(8-11-19(15)31-4)22(28)20-21(16-6-9-18(27)10-7-16)26(24(30)23(20)29)13-5-12-25(2)3/h6-11,14,21,27-28H,5,12-13H2,1-4H3/p+1/b22-20+/t21-/m1/s1. The van der Waals surface area contributed by atoms with Crippen molar-refractivity contribution in [3.8, 4) is 11.5 Å². The summed E-state index contributed by atoms with van der Waals surface area (Å²) >= 11 is 0. The molecule has 1 fully saturated rings. The third-order valence-electron chi connectivity index (χ3n) is 5.49. The lowest BCUT2D eigenvalue weighted by atomic mass is 9.94. The number of aromatic hydroxyl groups is 1. The molecular weight excluding hydrogens is 396 g/mol. The van der Waals surface area contributed by atoms with Crippen molar-refractivity contribution < 1.29 is 29.4 Å². The van der Waals surface area contributed by atoms with Gasteiger partial charge in [-0.3, -0.25) is 9.59 Å². The van der Waals surface area contributed by atoms with E-state index in [4.69, 9.17) is 4.74 Å². The molecule has 3 N–H and O–H groups in total. The van der Waals surface area contributed by atoms with Crippen molar-refractivity contribution in [2.24, 2.45) is 0 Å². The Morgan fingerprint density at radius 3 is 2.39 bits per heavy atom. The fraction of sp³-hybridized carbons (Fsp3) is 0.333. The summed E-state index contributed by atoms with van der Waals surface area (Å²) in [5.41, 5.74) is 1.95. The zero-order valence-corrected chi connectivity index (χ0v) is 18.3. The van der Waals surface area contributed by atoms with Crippen molar-refractivity contribution in [3.63, 3.8) is 0 Å². The van der Waals surface area contributed by atoms with Crippen LogP contribution in [0.25, 0.3) is 5.76 Å². The van der Waals surface area contributed by atoms with Crippen LogP contribution in [0.3, 0.4) is 0 Å². The molecule has 1 atom stereocenters. The third-order valence-corrected chi connectivity index (χ3v) is 5.49. The number of aryl methyl sites for hydroxylation is 1. The lowest BCUT2D eigenvalue weighted by Crippen LogP contribution is -3.05. The van der Waals surface area contributed by atoms with Gasteiger partial charge in [0.15, 0.2) is 0 Å². The topological polar surface area (TPSA) is 91.5 Å².